The third kappa shape index (κ3) is 3.04. The zero-order valence-corrected chi connectivity index (χ0v) is 12.7. The normalized spacial score (nSPS) is 21.7. The van der Waals surface area contributed by atoms with Crippen molar-refractivity contribution in [2.24, 2.45) is 0 Å². The van der Waals surface area contributed by atoms with Crippen molar-refractivity contribution in [3.8, 4) is 0 Å². The lowest BCUT2D eigenvalue weighted by atomic mass is 9.85. The molecule has 1 unspecified atom stereocenters. The number of carbonyl (C=O) groups is 1. The summed E-state index contributed by atoms with van der Waals surface area (Å²) in [7, 11) is 0. The van der Waals surface area contributed by atoms with Crippen LogP contribution in [0.2, 0.25) is 0 Å². The van der Waals surface area contributed by atoms with Crippen LogP contribution < -0.4 is 5.32 Å². The Labute approximate surface area is 130 Å². The van der Waals surface area contributed by atoms with Crippen LogP contribution in [0.15, 0.2) is 36.7 Å². The Balaban J connectivity index is 1.73. The molecule has 1 saturated heterocycles. The summed E-state index contributed by atoms with van der Waals surface area (Å²) in [6.45, 7) is 3.95. The third-order valence-corrected chi connectivity index (χ3v) is 4.41. The maximum Gasteiger partial charge on any atom is 0.335 e. The molecule has 2 N–H and O–H groups in total. The minimum atomic E-state index is -0.881. The van der Waals surface area contributed by atoms with Crippen LogP contribution in [0.5, 0.6) is 0 Å². The molecule has 0 bridgehead atoms. The maximum absolute atomic E-state index is 10.9. The van der Waals surface area contributed by atoms with E-state index in [1.54, 1.807) is 12.1 Å². The van der Waals surface area contributed by atoms with Crippen molar-refractivity contribution in [3.05, 3.63) is 53.3 Å². The number of piperidine rings is 1. The molecule has 5 nitrogen and oxygen atoms in total. The molecule has 22 heavy (non-hydrogen) atoms. The Bertz CT molecular complexity index is 648. The largest absolute Gasteiger partial charge is 0.478 e. The fourth-order valence-corrected chi connectivity index (χ4v) is 3.10. The summed E-state index contributed by atoms with van der Waals surface area (Å²) in [5, 5.41) is 16.9. The van der Waals surface area contributed by atoms with E-state index in [2.05, 4.69) is 23.5 Å². The molecule has 0 amide bonds. The average molecular weight is 299 g/mol. The van der Waals surface area contributed by atoms with Gasteiger partial charge < -0.3 is 10.4 Å². The average Bonchev–Trinajstić information content (AvgIpc) is 3.04. The maximum atomic E-state index is 10.9. The molecule has 1 aromatic heterocycles. The van der Waals surface area contributed by atoms with Gasteiger partial charge in [0, 0.05) is 18.8 Å². The van der Waals surface area contributed by atoms with E-state index >= 15 is 0 Å². The molecule has 116 valence electrons. The number of nitrogens with zero attached hydrogens (tertiary/aromatic N) is 2. The van der Waals surface area contributed by atoms with E-state index in [9.17, 15) is 4.79 Å². The number of hydrogen-bond acceptors (Lipinski definition) is 3. The van der Waals surface area contributed by atoms with E-state index in [1.165, 1.54) is 5.56 Å². The predicted octanol–water partition coefficient (Wildman–Crippen LogP) is 2.81. The van der Waals surface area contributed by atoms with Crippen molar-refractivity contribution in [2.75, 3.05) is 6.54 Å². The van der Waals surface area contributed by atoms with Crippen LogP contribution in [-0.4, -0.2) is 27.4 Å². The quantitative estimate of drug-likeness (QED) is 0.911. The fourth-order valence-electron chi connectivity index (χ4n) is 3.10. The first kappa shape index (κ1) is 14.8. The van der Waals surface area contributed by atoms with Crippen LogP contribution in [0, 0.1) is 0 Å². The molecule has 2 atom stereocenters. The van der Waals surface area contributed by atoms with E-state index in [0.717, 1.165) is 31.5 Å². The van der Waals surface area contributed by atoms with Gasteiger partial charge in [0.2, 0.25) is 0 Å². The topological polar surface area (TPSA) is 67.2 Å². The highest BCUT2D eigenvalue weighted by atomic mass is 16.4. The minimum Gasteiger partial charge on any atom is -0.478 e. The highest BCUT2D eigenvalue weighted by Gasteiger charge is 2.24. The number of aromatic nitrogens is 2. The summed E-state index contributed by atoms with van der Waals surface area (Å²) < 4.78 is 1.97. The van der Waals surface area contributed by atoms with Crippen LogP contribution in [0.4, 0.5) is 0 Å². The smallest absolute Gasteiger partial charge is 0.335 e. The van der Waals surface area contributed by atoms with Gasteiger partial charge in [-0.05, 0) is 55.5 Å². The number of benzene rings is 1. The Morgan fingerprint density at radius 1 is 1.36 bits per heavy atom. The Morgan fingerprint density at radius 2 is 2.14 bits per heavy atom. The summed E-state index contributed by atoms with van der Waals surface area (Å²) in [4.78, 5) is 10.9. The van der Waals surface area contributed by atoms with Crippen LogP contribution in [0.1, 0.15) is 53.2 Å². The number of rotatable bonds is 4. The van der Waals surface area contributed by atoms with Crippen LogP contribution in [0.3, 0.4) is 0 Å². The molecule has 2 aromatic rings. The van der Waals surface area contributed by atoms with Gasteiger partial charge in [-0.3, -0.25) is 4.68 Å². The van der Waals surface area contributed by atoms with Gasteiger partial charge in [0.15, 0.2) is 0 Å². The zero-order valence-electron chi connectivity index (χ0n) is 12.7. The monoisotopic (exact) mass is 299 g/mol. The van der Waals surface area contributed by atoms with Gasteiger partial charge in [0.1, 0.15) is 0 Å². The van der Waals surface area contributed by atoms with Crippen LogP contribution in [0.25, 0.3) is 0 Å². The predicted molar refractivity (Wildman–Crippen MR) is 84.0 cm³/mol. The van der Waals surface area contributed by atoms with Gasteiger partial charge in [-0.25, -0.2) is 4.79 Å². The third-order valence-electron chi connectivity index (χ3n) is 4.41. The Morgan fingerprint density at radius 3 is 2.77 bits per heavy atom. The second-order valence-electron chi connectivity index (χ2n) is 5.78. The van der Waals surface area contributed by atoms with E-state index < -0.39 is 5.97 Å². The molecule has 1 aliphatic heterocycles. The molecule has 2 heterocycles. The second-order valence-corrected chi connectivity index (χ2v) is 5.78. The first-order chi connectivity index (χ1) is 10.7. The zero-order chi connectivity index (χ0) is 15.5. The van der Waals surface area contributed by atoms with E-state index in [0.29, 0.717) is 11.5 Å². The second kappa shape index (κ2) is 6.32. The SMILES string of the molecule is CCn1cc(C2CCN[C@H](c3ccc(C(=O)O)cc3)C2)cn1. The molecule has 0 radical (unpaired) electrons. The molecular formula is C17H21N3O2. The molecule has 1 aromatic carbocycles. The van der Waals surface area contributed by atoms with Crippen molar-refractivity contribution in [1.29, 1.82) is 0 Å². The van der Waals surface area contributed by atoms with E-state index in [1.807, 2.05) is 23.0 Å². The molecule has 0 spiro atoms. The summed E-state index contributed by atoms with van der Waals surface area (Å²) in [5.74, 6) is -0.376. The molecule has 1 fully saturated rings. The van der Waals surface area contributed by atoms with Crippen LogP contribution >= 0.6 is 0 Å². The first-order valence-electron chi connectivity index (χ1n) is 7.76. The number of aromatic carboxylic acids is 1. The van der Waals surface area contributed by atoms with Gasteiger partial charge in [0.25, 0.3) is 0 Å². The summed E-state index contributed by atoms with van der Waals surface area (Å²) in [6, 6.07) is 7.46. The fraction of sp³-hybridized carbons (Fsp3) is 0.412. The molecule has 0 aliphatic carbocycles. The molecule has 0 saturated carbocycles. The first-order valence-corrected chi connectivity index (χ1v) is 7.76. The minimum absolute atomic E-state index is 0.270. The summed E-state index contributed by atoms with van der Waals surface area (Å²) in [6.07, 6.45) is 6.24. The van der Waals surface area contributed by atoms with Crippen LogP contribution in [-0.2, 0) is 6.54 Å². The lowest BCUT2D eigenvalue weighted by molar-refractivity contribution is 0.0697. The number of hydrogen-bond donors (Lipinski definition) is 2. The summed E-state index contributed by atoms with van der Waals surface area (Å²) in [5.41, 5.74) is 2.79. The van der Waals surface area contributed by atoms with Gasteiger partial charge in [-0.15, -0.1) is 0 Å². The Hall–Kier alpha value is -2.14. The Kier molecular flexibility index (Phi) is 4.24. The molecule has 5 heteroatoms. The van der Waals surface area contributed by atoms with Crippen molar-refractivity contribution in [1.82, 2.24) is 15.1 Å². The van der Waals surface area contributed by atoms with Gasteiger partial charge in [-0.1, -0.05) is 12.1 Å². The molecular weight excluding hydrogens is 278 g/mol. The molecule has 3 rings (SSSR count). The van der Waals surface area contributed by atoms with Crippen molar-refractivity contribution >= 4 is 5.97 Å². The van der Waals surface area contributed by atoms with Crippen molar-refractivity contribution in [2.45, 2.75) is 38.3 Å². The highest BCUT2D eigenvalue weighted by Crippen LogP contribution is 2.34. The van der Waals surface area contributed by atoms with Gasteiger partial charge >= 0.3 is 5.97 Å². The lowest BCUT2D eigenvalue weighted by Gasteiger charge is -2.30. The number of carboxylic acids is 1. The number of carboxylic acid groups (broad SMARTS) is 1. The number of nitrogens with one attached hydrogen (secondary N) is 1. The van der Waals surface area contributed by atoms with Crippen molar-refractivity contribution < 1.29 is 9.90 Å². The summed E-state index contributed by atoms with van der Waals surface area (Å²) >= 11 is 0. The highest BCUT2D eigenvalue weighted by molar-refractivity contribution is 5.87. The van der Waals surface area contributed by atoms with Crippen molar-refractivity contribution in [3.63, 3.8) is 0 Å². The lowest BCUT2D eigenvalue weighted by Crippen LogP contribution is -2.30. The standard InChI is InChI=1S/C17H21N3O2/c1-2-20-11-15(10-19-20)14-7-8-18-16(9-14)12-3-5-13(6-4-12)17(21)22/h3-6,10-11,14,16,18H,2,7-9H2,1H3,(H,21,22)/t14?,16-/m0/s1. The molecule has 1 aliphatic rings. The van der Waals surface area contributed by atoms with E-state index in [4.69, 9.17) is 5.11 Å². The number of aryl methyl sites for hydroxylation is 1. The van der Waals surface area contributed by atoms with Gasteiger partial charge in [-0.2, -0.15) is 5.10 Å². The van der Waals surface area contributed by atoms with Gasteiger partial charge in [0.05, 0.1) is 11.8 Å². The van der Waals surface area contributed by atoms with E-state index in [-0.39, 0.29) is 6.04 Å².